The van der Waals surface area contributed by atoms with Gasteiger partial charge in [0.05, 0.1) is 5.60 Å². The van der Waals surface area contributed by atoms with E-state index in [2.05, 4.69) is 27.7 Å². The predicted molar refractivity (Wildman–Crippen MR) is 67.4 cm³/mol. The lowest BCUT2D eigenvalue weighted by atomic mass is 9.62. The van der Waals surface area contributed by atoms with Crippen molar-refractivity contribution in [3.05, 3.63) is 0 Å². The zero-order chi connectivity index (χ0) is 12.4. The number of methoxy groups -OCH3 is 1. The van der Waals surface area contributed by atoms with Crippen LogP contribution in [0.15, 0.2) is 0 Å². The van der Waals surface area contributed by atoms with Crippen LogP contribution in [0.4, 0.5) is 0 Å². The molecular formula is C14H28O2. The molecule has 3 unspecified atom stereocenters. The van der Waals surface area contributed by atoms with Gasteiger partial charge in [0.1, 0.15) is 0 Å². The van der Waals surface area contributed by atoms with Crippen molar-refractivity contribution in [1.29, 1.82) is 0 Å². The lowest BCUT2D eigenvalue weighted by Gasteiger charge is -2.47. The van der Waals surface area contributed by atoms with Gasteiger partial charge in [0.15, 0.2) is 0 Å². The summed E-state index contributed by atoms with van der Waals surface area (Å²) in [5, 5.41) is 10.8. The number of aliphatic hydroxyl groups is 1. The molecule has 0 heterocycles. The Morgan fingerprint density at radius 2 is 2.00 bits per heavy atom. The minimum atomic E-state index is -0.486. The van der Waals surface area contributed by atoms with Gasteiger partial charge < -0.3 is 9.84 Å². The average molecular weight is 228 g/mol. The molecule has 0 aromatic carbocycles. The van der Waals surface area contributed by atoms with Gasteiger partial charge in [-0.25, -0.2) is 0 Å². The minimum Gasteiger partial charge on any atom is -0.390 e. The normalized spacial score (nSPS) is 36.0. The molecule has 0 saturated heterocycles. The molecule has 0 aliphatic heterocycles. The van der Waals surface area contributed by atoms with E-state index in [-0.39, 0.29) is 5.41 Å². The summed E-state index contributed by atoms with van der Waals surface area (Å²) in [6.45, 7) is 9.72. The highest BCUT2D eigenvalue weighted by Gasteiger charge is 2.44. The van der Waals surface area contributed by atoms with Crippen LogP contribution in [-0.4, -0.2) is 24.4 Å². The van der Waals surface area contributed by atoms with E-state index in [1.165, 1.54) is 6.42 Å². The minimum absolute atomic E-state index is 0.272. The topological polar surface area (TPSA) is 29.5 Å². The van der Waals surface area contributed by atoms with Crippen LogP contribution in [0.1, 0.15) is 53.4 Å². The molecule has 0 amide bonds. The zero-order valence-electron chi connectivity index (χ0n) is 11.5. The molecule has 3 atom stereocenters. The number of ether oxygens (including phenoxy) is 1. The highest BCUT2D eigenvalue weighted by Crippen LogP contribution is 2.47. The van der Waals surface area contributed by atoms with Crippen molar-refractivity contribution in [2.24, 2.45) is 17.3 Å². The summed E-state index contributed by atoms with van der Waals surface area (Å²) in [4.78, 5) is 0. The Morgan fingerprint density at radius 3 is 2.50 bits per heavy atom. The van der Waals surface area contributed by atoms with E-state index in [0.717, 1.165) is 25.9 Å². The summed E-state index contributed by atoms with van der Waals surface area (Å²) >= 11 is 0. The van der Waals surface area contributed by atoms with Gasteiger partial charge >= 0.3 is 0 Å². The van der Waals surface area contributed by atoms with Crippen LogP contribution in [0.3, 0.4) is 0 Å². The zero-order valence-corrected chi connectivity index (χ0v) is 11.5. The van der Waals surface area contributed by atoms with Gasteiger partial charge in [-0.05, 0) is 42.9 Å². The fraction of sp³-hybridized carbons (Fsp3) is 1.00. The van der Waals surface area contributed by atoms with Crippen LogP contribution in [0.2, 0.25) is 0 Å². The summed E-state index contributed by atoms with van der Waals surface area (Å²) in [6, 6.07) is 0. The lowest BCUT2D eigenvalue weighted by molar-refractivity contribution is -0.0995. The first-order valence-electron chi connectivity index (χ1n) is 6.50. The third-order valence-corrected chi connectivity index (χ3v) is 4.06. The van der Waals surface area contributed by atoms with Gasteiger partial charge in [-0.3, -0.25) is 0 Å². The molecule has 1 aliphatic carbocycles. The van der Waals surface area contributed by atoms with E-state index in [4.69, 9.17) is 4.74 Å². The Bertz CT molecular complexity index is 225. The maximum absolute atomic E-state index is 10.8. The monoisotopic (exact) mass is 228 g/mol. The van der Waals surface area contributed by atoms with Crippen LogP contribution in [0, 0.1) is 17.3 Å². The van der Waals surface area contributed by atoms with Crippen molar-refractivity contribution in [2.45, 2.75) is 59.0 Å². The van der Waals surface area contributed by atoms with Gasteiger partial charge in [0.2, 0.25) is 0 Å². The number of hydrogen-bond acceptors (Lipinski definition) is 2. The van der Waals surface area contributed by atoms with Crippen molar-refractivity contribution >= 4 is 0 Å². The smallest absolute Gasteiger partial charge is 0.0681 e. The van der Waals surface area contributed by atoms with Gasteiger partial charge in [0, 0.05) is 13.7 Å². The van der Waals surface area contributed by atoms with Crippen LogP contribution >= 0.6 is 0 Å². The van der Waals surface area contributed by atoms with Gasteiger partial charge in [-0.15, -0.1) is 0 Å². The summed E-state index contributed by atoms with van der Waals surface area (Å²) in [7, 11) is 1.73. The first-order chi connectivity index (χ1) is 7.29. The average Bonchev–Trinajstić information content (AvgIpc) is 2.09. The Kier molecular flexibility index (Phi) is 4.42. The highest BCUT2D eigenvalue weighted by molar-refractivity contribution is 4.95. The van der Waals surface area contributed by atoms with Gasteiger partial charge in [-0.2, -0.15) is 0 Å². The fourth-order valence-electron chi connectivity index (χ4n) is 3.53. The van der Waals surface area contributed by atoms with E-state index >= 15 is 0 Å². The van der Waals surface area contributed by atoms with Crippen molar-refractivity contribution in [2.75, 3.05) is 13.7 Å². The molecule has 16 heavy (non-hydrogen) atoms. The van der Waals surface area contributed by atoms with Crippen LogP contribution < -0.4 is 0 Å². The molecule has 2 heteroatoms. The molecule has 0 bridgehead atoms. The third-order valence-electron chi connectivity index (χ3n) is 4.06. The first-order valence-corrected chi connectivity index (χ1v) is 6.50. The summed E-state index contributed by atoms with van der Waals surface area (Å²) in [6.07, 6.45) is 4.05. The summed E-state index contributed by atoms with van der Waals surface area (Å²) < 4.78 is 5.12. The predicted octanol–water partition coefficient (Wildman–Crippen LogP) is 3.24. The maximum Gasteiger partial charge on any atom is 0.0681 e. The Balaban J connectivity index is 2.67. The van der Waals surface area contributed by atoms with E-state index < -0.39 is 5.60 Å². The van der Waals surface area contributed by atoms with Crippen molar-refractivity contribution in [3.63, 3.8) is 0 Å². The van der Waals surface area contributed by atoms with Gasteiger partial charge in [0.25, 0.3) is 0 Å². The van der Waals surface area contributed by atoms with Crippen LogP contribution in [0.5, 0.6) is 0 Å². The molecule has 96 valence electrons. The second-order valence-electron chi connectivity index (χ2n) is 6.64. The van der Waals surface area contributed by atoms with Crippen molar-refractivity contribution in [3.8, 4) is 0 Å². The maximum atomic E-state index is 10.8. The Morgan fingerprint density at radius 1 is 1.38 bits per heavy atom. The number of hydrogen-bond donors (Lipinski definition) is 1. The molecule has 1 N–H and O–H groups in total. The van der Waals surface area contributed by atoms with E-state index in [0.29, 0.717) is 11.8 Å². The molecule has 2 nitrogen and oxygen atoms in total. The van der Waals surface area contributed by atoms with Crippen molar-refractivity contribution < 1.29 is 9.84 Å². The van der Waals surface area contributed by atoms with E-state index in [9.17, 15) is 5.11 Å². The fourth-order valence-corrected chi connectivity index (χ4v) is 3.53. The summed E-state index contributed by atoms with van der Waals surface area (Å²) in [5.74, 6) is 0.952. The molecule has 1 rings (SSSR count). The first kappa shape index (κ1) is 14.0. The highest BCUT2D eigenvalue weighted by atomic mass is 16.5. The van der Waals surface area contributed by atoms with Crippen LogP contribution in [0.25, 0.3) is 0 Å². The third kappa shape index (κ3) is 3.46. The quantitative estimate of drug-likeness (QED) is 0.800. The van der Waals surface area contributed by atoms with Crippen molar-refractivity contribution in [1.82, 2.24) is 0 Å². The lowest BCUT2D eigenvalue weighted by Crippen LogP contribution is -2.46. The van der Waals surface area contributed by atoms with E-state index in [1.54, 1.807) is 7.11 Å². The molecule has 0 spiro atoms. The summed E-state index contributed by atoms with van der Waals surface area (Å²) in [5.41, 5.74) is -0.215. The Labute approximate surface area is 100 Å². The molecule has 1 aliphatic rings. The largest absolute Gasteiger partial charge is 0.390 e. The van der Waals surface area contributed by atoms with Gasteiger partial charge in [-0.1, -0.05) is 27.7 Å². The standard InChI is InChI=1S/C14H28O2/c1-11-8-13(3,4)10-14(15,9-11)12(2)6-7-16-5/h11-12,15H,6-10H2,1-5H3. The SMILES string of the molecule is COCCC(C)C1(O)CC(C)CC(C)(C)C1. The van der Waals surface area contributed by atoms with E-state index in [1.807, 2.05) is 0 Å². The molecule has 1 saturated carbocycles. The molecule has 0 radical (unpaired) electrons. The Hall–Kier alpha value is -0.0800. The molecular weight excluding hydrogens is 200 g/mol. The second kappa shape index (κ2) is 5.05. The number of rotatable bonds is 4. The second-order valence-corrected chi connectivity index (χ2v) is 6.64. The van der Waals surface area contributed by atoms with Crippen LogP contribution in [-0.2, 0) is 4.74 Å². The molecule has 0 aromatic rings. The molecule has 0 aromatic heterocycles. The molecule has 1 fully saturated rings.